The molecule has 0 aromatic heterocycles. The van der Waals surface area contributed by atoms with E-state index in [2.05, 4.69) is 14.0 Å². The Morgan fingerprint density at radius 2 is 1.12 bits per heavy atom. The maximum absolute atomic E-state index is 13.8. The minimum Gasteiger partial charge on any atom is -0.379 e. The Labute approximate surface area is 192 Å². The number of amides is 1. The monoisotopic (exact) mass is 476 g/mol. The largest absolute Gasteiger partial charge is 0.379 e. The summed E-state index contributed by atoms with van der Waals surface area (Å²) in [7, 11) is -2.59. The minimum atomic E-state index is -2.59. The maximum Gasteiger partial charge on any atom is 0.287 e. The van der Waals surface area contributed by atoms with Crippen LogP contribution in [0.25, 0.3) is 0 Å². The van der Waals surface area contributed by atoms with Crippen molar-refractivity contribution in [3.63, 3.8) is 0 Å². The van der Waals surface area contributed by atoms with Gasteiger partial charge in [-0.3, -0.25) is 9.36 Å². The van der Waals surface area contributed by atoms with E-state index in [1.165, 1.54) is 0 Å². The van der Waals surface area contributed by atoms with Crippen molar-refractivity contribution in [2.24, 2.45) is 0 Å². The van der Waals surface area contributed by atoms with E-state index >= 15 is 0 Å². The van der Waals surface area contributed by atoms with E-state index in [4.69, 9.17) is 18.9 Å². The van der Waals surface area contributed by atoms with E-state index in [9.17, 15) is 9.36 Å². The van der Waals surface area contributed by atoms with E-state index < -0.39 is 7.59 Å². The molecule has 3 aliphatic rings. The van der Waals surface area contributed by atoms with Crippen LogP contribution in [-0.2, 0) is 28.3 Å². The van der Waals surface area contributed by atoms with Crippen molar-refractivity contribution in [3.8, 4) is 0 Å². The van der Waals surface area contributed by atoms with Gasteiger partial charge in [0.2, 0.25) is 5.91 Å². The van der Waals surface area contributed by atoms with Gasteiger partial charge in [0.05, 0.1) is 52.7 Å². The van der Waals surface area contributed by atoms with E-state index in [0.717, 1.165) is 52.1 Å². The number of nitrogens with zero attached hydrogens (tertiary/aromatic N) is 4. The minimum absolute atomic E-state index is 0.114. The molecule has 0 bridgehead atoms. The fourth-order valence-electron chi connectivity index (χ4n) is 4.48. The molecule has 0 aromatic rings. The first-order valence-electron chi connectivity index (χ1n) is 12.1. The van der Waals surface area contributed by atoms with Crippen molar-refractivity contribution in [2.45, 2.75) is 26.2 Å². The van der Waals surface area contributed by atoms with Gasteiger partial charge in [0.25, 0.3) is 7.59 Å². The van der Waals surface area contributed by atoms with E-state index in [-0.39, 0.29) is 5.91 Å². The van der Waals surface area contributed by atoms with Gasteiger partial charge in [-0.1, -0.05) is 0 Å². The van der Waals surface area contributed by atoms with Crippen LogP contribution in [-0.4, -0.2) is 130 Å². The van der Waals surface area contributed by atoms with Gasteiger partial charge in [0.15, 0.2) is 0 Å². The Morgan fingerprint density at radius 1 is 0.656 bits per heavy atom. The molecule has 32 heavy (non-hydrogen) atoms. The van der Waals surface area contributed by atoms with Crippen LogP contribution in [0.2, 0.25) is 0 Å². The van der Waals surface area contributed by atoms with E-state index in [1.54, 1.807) is 0 Å². The zero-order chi connectivity index (χ0) is 22.7. The molecule has 3 heterocycles. The third-order valence-corrected chi connectivity index (χ3v) is 9.57. The zero-order valence-corrected chi connectivity index (χ0v) is 20.5. The zero-order valence-electron chi connectivity index (χ0n) is 19.6. The highest BCUT2D eigenvalue weighted by molar-refractivity contribution is 7.56. The van der Waals surface area contributed by atoms with Gasteiger partial charge < -0.3 is 23.8 Å². The van der Waals surface area contributed by atoms with Crippen LogP contribution in [0.15, 0.2) is 0 Å². The molecule has 10 nitrogen and oxygen atoms in total. The molecule has 0 radical (unpaired) electrons. The lowest BCUT2D eigenvalue weighted by Gasteiger charge is -2.42. The van der Waals surface area contributed by atoms with Crippen molar-refractivity contribution in [3.05, 3.63) is 0 Å². The molecule has 0 spiro atoms. The smallest absolute Gasteiger partial charge is 0.287 e. The van der Waals surface area contributed by atoms with Crippen LogP contribution in [0.4, 0.5) is 0 Å². The molecule has 3 aliphatic heterocycles. The van der Waals surface area contributed by atoms with Crippen LogP contribution < -0.4 is 0 Å². The maximum atomic E-state index is 13.8. The summed E-state index contributed by atoms with van der Waals surface area (Å²) < 4.78 is 41.9. The Hall–Kier alpha value is -0.580. The van der Waals surface area contributed by atoms with Gasteiger partial charge in [-0.2, -0.15) is 0 Å². The van der Waals surface area contributed by atoms with Crippen LogP contribution in [0.3, 0.4) is 0 Å². The summed E-state index contributed by atoms with van der Waals surface area (Å²) in [5.41, 5.74) is 0. The number of rotatable bonds is 13. The van der Waals surface area contributed by atoms with Crippen molar-refractivity contribution in [1.29, 1.82) is 0 Å². The predicted octanol–water partition coefficient (Wildman–Crippen LogP) is 1.13. The van der Waals surface area contributed by atoms with Gasteiger partial charge in [0.1, 0.15) is 0 Å². The fourth-order valence-corrected chi connectivity index (χ4v) is 7.81. The second-order valence-corrected chi connectivity index (χ2v) is 11.0. The first-order chi connectivity index (χ1) is 15.7. The average molecular weight is 477 g/mol. The molecule has 3 saturated heterocycles. The number of carbonyl (C=O) groups is 1. The highest BCUT2D eigenvalue weighted by atomic mass is 31.2. The summed E-state index contributed by atoms with van der Waals surface area (Å²) in [4.78, 5) is 14.7. The molecule has 0 aliphatic carbocycles. The van der Waals surface area contributed by atoms with Gasteiger partial charge in [-0.15, -0.1) is 0 Å². The van der Waals surface area contributed by atoms with Crippen LogP contribution in [0, 0.1) is 0 Å². The SMILES string of the molecule is CCOCCOCCOCCOCCC(=O)N1CCCN2CCN3CCCN(CC1)P23=O. The molecular weight excluding hydrogens is 435 g/mol. The summed E-state index contributed by atoms with van der Waals surface area (Å²) in [5, 5.41) is 0. The van der Waals surface area contributed by atoms with Crippen LogP contribution in [0.1, 0.15) is 26.2 Å². The predicted molar refractivity (Wildman–Crippen MR) is 122 cm³/mol. The van der Waals surface area contributed by atoms with Crippen molar-refractivity contribution >= 4 is 13.5 Å². The van der Waals surface area contributed by atoms with Gasteiger partial charge in [-0.25, -0.2) is 14.0 Å². The Kier molecular flexibility index (Phi) is 11.4. The van der Waals surface area contributed by atoms with E-state index in [0.29, 0.717) is 72.4 Å². The lowest BCUT2D eigenvalue weighted by atomic mass is 10.3. The van der Waals surface area contributed by atoms with Crippen LogP contribution >= 0.6 is 7.59 Å². The van der Waals surface area contributed by atoms with Crippen molar-refractivity contribution in [2.75, 3.05) is 105 Å². The topological polar surface area (TPSA) is 84.0 Å². The fraction of sp³-hybridized carbons (Fsp3) is 0.952. The normalized spacial score (nSPS) is 25.3. The summed E-state index contributed by atoms with van der Waals surface area (Å²) in [6.07, 6.45) is 2.27. The number of hydrogen-bond acceptors (Lipinski definition) is 6. The second-order valence-electron chi connectivity index (χ2n) is 8.25. The lowest BCUT2D eigenvalue weighted by molar-refractivity contribution is -0.132. The molecular formula is C21H41N4O6P. The summed E-state index contributed by atoms with van der Waals surface area (Å²) in [6.45, 7) is 12.6. The van der Waals surface area contributed by atoms with E-state index in [1.807, 2.05) is 11.8 Å². The second kappa shape index (κ2) is 14.0. The third-order valence-electron chi connectivity index (χ3n) is 6.16. The quantitative estimate of drug-likeness (QED) is 0.287. The van der Waals surface area contributed by atoms with Gasteiger partial charge >= 0.3 is 0 Å². The summed E-state index contributed by atoms with van der Waals surface area (Å²) >= 11 is 0. The number of carbonyl (C=O) groups excluding carboxylic acids is 1. The molecule has 3 fully saturated rings. The molecule has 0 N–H and O–H groups in total. The Morgan fingerprint density at radius 3 is 1.69 bits per heavy atom. The molecule has 3 rings (SSSR count). The standard InChI is InChI=1S/C21H41N4O6P/c1-2-28-15-16-30-19-20-31-18-17-29-14-5-21(26)22-6-3-7-24-12-13-25-9-4-8-23(11-10-22)32(24,25)27/h2-20H2,1H3. The molecule has 1 atom stereocenters. The lowest BCUT2D eigenvalue weighted by Crippen LogP contribution is -2.43. The summed E-state index contributed by atoms with van der Waals surface area (Å²) in [6, 6.07) is 0. The van der Waals surface area contributed by atoms with Crippen molar-refractivity contribution in [1.82, 2.24) is 18.9 Å². The van der Waals surface area contributed by atoms with Crippen LogP contribution in [0.5, 0.6) is 0 Å². The average Bonchev–Trinajstić information content (AvgIpc) is 3.15. The van der Waals surface area contributed by atoms with Crippen molar-refractivity contribution < 1.29 is 28.3 Å². The highest BCUT2D eigenvalue weighted by Crippen LogP contribution is 2.61. The molecule has 0 saturated carbocycles. The van der Waals surface area contributed by atoms with Gasteiger partial charge in [-0.05, 0) is 19.8 Å². The number of ether oxygens (including phenoxy) is 4. The molecule has 11 heteroatoms. The molecule has 1 unspecified atom stereocenters. The molecule has 1 amide bonds. The molecule has 0 aromatic carbocycles. The number of hydrogen-bond donors (Lipinski definition) is 0. The first-order valence-corrected chi connectivity index (χ1v) is 13.7. The van der Waals surface area contributed by atoms with Gasteiger partial charge in [0, 0.05) is 59.0 Å². The highest BCUT2D eigenvalue weighted by Gasteiger charge is 2.49. The Bertz CT molecular complexity index is 613. The molecule has 186 valence electrons. The summed E-state index contributed by atoms with van der Waals surface area (Å²) in [5.74, 6) is 0.114. The third kappa shape index (κ3) is 7.21. The first kappa shape index (κ1) is 26.0. The Balaban J connectivity index is 1.28.